The van der Waals surface area contributed by atoms with E-state index in [0.29, 0.717) is 23.7 Å². The van der Waals surface area contributed by atoms with E-state index >= 15 is 0 Å². The number of nitrogens with zero attached hydrogens (tertiary/aromatic N) is 6. The molecule has 3 heterocycles. The van der Waals surface area contributed by atoms with E-state index in [4.69, 9.17) is 0 Å². The number of hydrogen-bond acceptors (Lipinski definition) is 6. The molecule has 1 fully saturated rings. The molecule has 4 rings (SSSR count). The van der Waals surface area contributed by atoms with Crippen LogP contribution >= 0.6 is 0 Å². The molecule has 0 bridgehead atoms. The van der Waals surface area contributed by atoms with Crippen molar-refractivity contribution in [2.75, 3.05) is 24.5 Å². The normalized spacial score (nSPS) is 16.3. The van der Waals surface area contributed by atoms with E-state index in [1.54, 1.807) is 36.4 Å². The van der Waals surface area contributed by atoms with Crippen molar-refractivity contribution >= 4 is 11.6 Å². The van der Waals surface area contributed by atoms with Crippen molar-refractivity contribution in [3.05, 3.63) is 65.1 Å². The van der Waals surface area contributed by atoms with Gasteiger partial charge in [-0.25, -0.2) is 14.3 Å². The summed E-state index contributed by atoms with van der Waals surface area (Å²) < 4.78 is 2.89. The highest BCUT2D eigenvalue weighted by Gasteiger charge is 2.24. The fraction of sp³-hybridized carbons (Fsp3) is 0.316. The third-order valence-electron chi connectivity index (χ3n) is 4.97. The van der Waals surface area contributed by atoms with Gasteiger partial charge in [-0.2, -0.15) is 10.2 Å². The number of benzene rings is 1. The van der Waals surface area contributed by atoms with Crippen LogP contribution in [0.4, 0.5) is 5.69 Å². The van der Waals surface area contributed by atoms with Crippen molar-refractivity contribution in [3.8, 4) is 5.69 Å². The molecule has 0 aliphatic carbocycles. The van der Waals surface area contributed by atoms with E-state index < -0.39 is 0 Å². The van der Waals surface area contributed by atoms with Gasteiger partial charge in [0.1, 0.15) is 12.7 Å². The molecule has 0 unspecified atom stereocenters. The smallest absolute Gasteiger partial charge is 0.268 e. The van der Waals surface area contributed by atoms with Crippen molar-refractivity contribution in [2.24, 2.45) is 13.0 Å². The maximum atomic E-state index is 12.7. The lowest BCUT2D eigenvalue weighted by Crippen LogP contribution is -2.32. The summed E-state index contributed by atoms with van der Waals surface area (Å²) in [4.78, 5) is 30.6. The summed E-state index contributed by atoms with van der Waals surface area (Å²) in [5.41, 5.74) is 1.95. The zero-order chi connectivity index (χ0) is 19.5. The summed E-state index contributed by atoms with van der Waals surface area (Å²) in [7, 11) is 1.63. The molecule has 1 N–H and O–H groups in total. The molecule has 3 aromatic rings. The van der Waals surface area contributed by atoms with E-state index in [2.05, 4.69) is 25.4 Å². The van der Waals surface area contributed by atoms with Crippen LogP contribution in [0.5, 0.6) is 0 Å². The summed E-state index contributed by atoms with van der Waals surface area (Å²) in [6.45, 7) is 2.18. The second-order valence-electron chi connectivity index (χ2n) is 6.84. The molecule has 0 saturated carbocycles. The van der Waals surface area contributed by atoms with Gasteiger partial charge >= 0.3 is 0 Å². The molecule has 2 aromatic heterocycles. The molecule has 0 spiro atoms. The number of carbonyl (C=O) groups excluding carboxylic acids is 1. The first-order valence-electron chi connectivity index (χ1n) is 9.12. The van der Waals surface area contributed by atoms with Crippen LogP contribution in [0.2, 0.25) is 0 Å². The van der Waals surface area contributed by atoms with Crippen LogP contribution in [0.25, 0.3) is 5.69 Å². The van der Waals surface area contributed by atoms with E-state index in [0.717, 1.165) is 25.2 Å². The number of para-hydroxylation sites is 1. The minimum Gasteiger partial charge on any atom is -0.370 e. The fourth-order valence-electron chi connectivity index (χ4n) is 3.40. The van der Waals surface area contributed by atoms with Crippen molar-refractivity contribution in [1.82, 2.24) is 29.9 Å². The van der Waals surface area contributed by atoms with Gasteiger partial charge in [0, 0.05) is 32.7 Å². The number of carbonyl (C=O) groups is 1. The highest BCUT2D eigenvalue weighted by molar-refractivity contribution is 5.97. The van der Waals surface area contributed by atoms with Crippen LogP contribution in [0.3, 0.4) is 0 Å². The largest absolute Gasteiger partial charge is 0.370 e. The number of aromatic nitrogens is 5. The van der Waals surface area contributed by atoms with Crippen molar-refractivity contribution < 1.29 is 4.79 Å². The standard InChI is InChI=1S/C19H21N7O2/c1-24-18(27)8-15(10-22-24)25-7-6-14(11-25)9-21-19(28)16-4-2-3-5-17(16)26-13-20-12-23-26/h2-5,8,10,12-14H,6-7,9,11H2,1H3,(H,21,28)/t14-/m0/s1. The lowest BCUT2D eigenvalue weighted by atomic mass is 10.1. The Morgan fingerprint density at radius 3 is 2.93 bits per heavy atom. The Kier molecular flexibility index (Phi) is 4.88. The monoisotopic (exact) mass is 379 g/mol. The maximum Gasteiger partial charge on any atom is 0.268 e. The minimum atomic E-state index is -0.139. The second-order valence-corrected chi connectivity index (χ2v) is 6.84. The Morgan fingerprint density at radius 1 is 1.29 bits per heavy atom. The molecule has 1 atom stereocenters. The van der Waals surface area contributed by atoms with Crippen LogP contribution in [-0.2, 0) is 7.05 Å². The van der Waals surface area contributed by atoms with Crippen LogP contribution in [0, 0.1) is 5.92 Å². The van der Waals surface area contributed by atoms with Gasteiger partial charge in [0.25, 0.3) is 11.5 Å². The molecule has 1 aliphatic rings. The van der Waals surface area contributed by atoms with Crippen molar-refractivity contribution in [3.63, 3.8) is 0 Å². The van der Waals surface area contributed by atoms with Gasteiger partial charge in [0.2, 0.25) is 0 Å². The minimum absolute atomic E-state index is 0.126. The lowest BCUT2D eigenvalue weighted by molar-refractivity contribution is 0.0948. The summed E-state index contributed by atoms with van der Waals surface area (Å²) >= 11 is 0. The first kappa shape index (κ1) is 17.9. The molecule has 1 saturated heterocycles. The van der Waals surface area contributed by atoms with E-state index in [1.165, 1.54) is 11.0 Å². The van der Waals surface area contributed by atoms with Gasteiger partial charge in [0.05, 0.1) is 23.1 Å². The first-order valence-corrected chi connectivity index (χ1v) is 9.12. The Bertz CT molecular complexity index is 1030. The molecule has 9 nitrogen and oxygen atoms in total. The van der Waals surface area contributed by atoms with Crippen LogP contribution in [0.15, 0.2) is 54.0 Å². The van der Waals surface area contributed by atoms with Crippen LogP contribution < -0.4 is 15.8 Å². The fourth-order valence-corrected chi connectivity index (χ4v) is 3.40. The highest BCUT2D eigenvalue weighted by Crippen LogP contribution is 2.22. The SMILES string of the molecule is Cn1ncc(N2CC[C@@H](CNC(=O)c3ccccc3-n3cncn3)C2)cc1=O. The Hall–Kier alpha value is -3.49. The molecule has 1 aromatic carbocycles. The van der Waals surface area contributed by atoms with Gasteiger partial charge in [-0.1, -0.05) is 12.1 Å². The average Bonchev–Trinajstić information content (AvgIpc) is 3.40. The van der Waals surface area contributed by atoms with Crippen molar-refractivity contribution in [2.45, 2.75) is 6.42 Å². The topological polar surface area (TPSA) is 97.9 Å². The Labute approximate surface area is 161 Å². The highest BCUT2D eigenvalue weighted by atomic mass is 16.1. The molecule has 1 aliphatic heterocycles. The Morgan fingerprint density at radius 2 is 2.14 bits per heavy atom. The summed E-state index contributed by atoms with van der Waals surface area (Å²) in [6.07, 6.45) is 5.66. The Balaban J connectivity index is 1.39. The van der Waals surface area contributed by atoms with Crippen molar-refractivity contribution in [1.29, 1.82) is 0 Å². The average molecular weight is 379 g/mol. The zero-order valence-electron chi connectivity index (χ0n) is 15.5. The molecule has 28 heavy (non-hydrogen) atoms. The van der Waals surface area contributed by atoms with Gasteiger partial charge in [-0.05, 0) is 24.5 Å². The third-order valence-corrected chi connectivity index (χ3v) is 4.97. The van der Waals surface area contributed by atoms with E-state index in [1.807, 2.05) is 18.2 Å². The van der Waals surface area contributed by atoms with E-state index in [-0.39, 0.29) is 11.5 Å². The van der Waals surface area contributed by atoms with Gasteiger partial charge in [-0.3, -0.25) is 9.59 Å². The predicted molar refractivity (Wildman–Crippen MR) is 103 cm³/mol. The number of nitrogens with one attached hydrogen (secondary N) is 1. The van der Waals surface area contributed by atoms with Crippen LogP contribution in [0.1, 0.15) is 16.8 Å². The lowest BCUT2D eigenvalue weighted by Gasteiger charge is -2.18. The number of anilines is 1. The summed E-state index contributed by atoms with van der Waals surface area (Å²) in [6, 6.07) is 8.90. The predicted octanol–water partition coefficient (Wildman–Crippen LogP) is 0.617. The first-order chi connectivity index (χ1) is 13.6. The third kappa shape index (κ3) is 3.64. The second kappa shape index (κ2) is 7.63. The molecule has 144 valence electrons. The van der Waals surface area contributed by atoms with Gasteiger partial charge < -0.3 is 10.2 Å². The van der Waals surface area contributed by atoms with E-state index in [9.17, 15) is 9.59 Å². The molecular formula is C19H21N7O2. The number of rotatable bonds is 5. The molecule has 0 radical (unpaired) electrons. The molecular weight excluding hydrogens is 358 g/mol. The van der Waals surface area contributed by atoms with Gasteiger partial charge in [0.15, 0.2) is 0 Å². The molecule has 1 amide bonds. The van der Waals surface area contributed by atoms with Gasteiger partial charge in [-0.15, -0.1) is 0 Å². The number of aryl methyl sites for hydroxylation is 1. The quantitative estimate of drug-likeness (QED) is 0.698. The zero-order valence-corrected chi connectivity index (χ0v) is 15.5. The molecule has 9 heteroatoms. The number of hydrogen-bond donors (Lipinski definition) is 1. The summed E-state index contributed by atoms with van der Waals surface area (Å²) in [5.74, 6) is 0.173. The maximum absolute atomic E-state index is 12.7. The number of amides is 1. The van der Waals surface area contributed by atoms with Crippen LogP contribution in [-0.4, -0.2) is 50.1 Å². The summed E-state index contributed by atoms with van der Waals surface area (Å²) in [5, 5.41) is 11.2.